The molecule has 28 heavy (non-hydrogen) atoms. The van der Waals surface area contributed by atoms with Crippen molar-refractivity contribution in [3.05, 3.63) is 46.8 Å². The van der Waals surface area contributed by atoms with E-state index in [0.717, 1.165) is 36.2 Å². The maximum atomic E-state index is 13.1. The highest BCUT2D eigenvalue weighted by Crippen LogP contribution is 2.45. The van der Waals surface area contributed by atoms with Gasteiger partial charge in [-0.2, -0.15) is 5.10 Å². The summed E-state index contributed by atoms with van der Waals surface area (Å²) in [4.78, 5) is 13.1. The zero-order chi connectivity index (χ0) is 19.7. The number of carbonyl (C=O) groups excluding carboxylic acids is 1. The lowest BCUT2D eigenvalue weighted by Crippen LogP contribution is -2.44. The number of H-pyrrole nitrogens is 1. The third-order valence-electron chi connectivity index (χ3n) is 5.68. The Bertz CT molecular complexity index is 857. The van der Waals surface area contributed by atoms with Crippen LogP contribution in [0.5, 0.6) is 5.75 Å². The Hall–Kier alpha value is -2.37. The van der Waals surface area contributed by atoms with E-state index in [9.17, 15) is 9.18 Å². The first-order valence-electron chi connectivity index (χ1n) is 10.2. The molecule has 2 aromatic rings. The molecule has 1 amide bonds. The van der Waals surface area contributed by atoms with Crippen molar-refractivity contribution in [2.75, 3.05) is 13.3 Å². The largest absolute Gasteiger partial charge is 0.491 e. The molecule has 0 saturated heterocycles. The maximum absolute atomic E-state index is 13.1. The Balaban J connectivity index is 1.56. The Morgan fingerprint density at radius 3 is 2.71 bits per heavy atom. The maximum Gasteiger partial charge on any atom is 0.252 e. The van der Waals surface area contributed by atoms with Crippen LogP contribution in [0.3, 0.4) is 0 Å². The van der Waals surface area contributed by atoms with Gasteiger partial charge in [-0.05, 0) is 68.7 Å². The summed E-state index contributed by atoms with van der Waals surface area (Å²) in [7, 11) is 0. The second kappa shape index (κ2) is 7.57. The van der Waals surface area contributed by atoms with Crippen LogP contribution in [0.25, 0.3) is 0 Å². The molecule has 2 aliphatic rings. The number of aryl methyl sites for hydroxylation is 1. The third-order valence-corrected chi connectivity index (χ3v) is 5.68. The number of ether oxygens (including phenoxy) is 1. The van der Waals surface area contributed by atoms with E-state index in [1.807, 2.05) is 32.0 Å². The van der Waals surface area contributed by atoms with E-state index in [2.05, 4.69) is 15.5 Å². The number of nitrogens with one attached hydrogen (secondary N) is 2. The number of nitrogens with zero attached hydrogens (tertiary/aromatic N) is 1. The standard InChI is InChI=1S/C22H28FN3O2/c1-14-11-20(26-25-14)22(2,13-15-3-4-15)24-21(27)17-7-8-18(16-5-6-16)19(12-17)28-10-9-23/h7-8,11-12,15-16H,3-6,9-10,13H2,1-2H3,(H,24,27)(H,25,26)/t22-/m1/s1. The zero-order valence-corrected chi connectivity index (χ0v) is 16.6. The van der Waals surface area contributed by atoms with E-state index < -0.39 is 12.2 Å². The molecule has 150 valence electrons. The molecule has 0 bridgehead atoms. The number of carbonyl (C=O) groups is 1. The van der Waals surface area contributed by atoms with Crippen molar-refractivity contribution in [1.29, 1.82) is 0 Å². The second-order valence-electron chi connectivity index (χ2n) is 8.43. The monoisotopic (exact) mass is 385 g/mol. The van der Waals surface area contributed by atoms with E-state index in [1.54, 1.807) is 6.07 Å². The molecule has 1 atom stereocenters. The first-order valence-corrected chi connectivity index (χ1v) is 10.2. The fourth-order valence-electron chi connectivity index (χ4n) is 3.82. The molecule has 1 heterocycles. The van der Waals surface area contributed by atoms with Crippen LogP contribution in [0.2, 0.25) is 0 Å². The van der Waals surface area contributed by atoms with Crippen LogP contribution in [-0.4, -0.2) is 29.4 Å². The second-order valence-corrected chi connectivity index (χ2v) is 8.43. The van der Waals surface area contributed by atoms with Crippen LogP contribution >= 0.6 is 0 Å². The van der Waals surface area contributed by atoms with Gasteiger partial charge in [0.2, 0.25) is 0 Å². The molecule has 5 nitrogen and oxygen atoms in total. The summed E-state index contributed by atoms with van der Waals surface area (Å²) in [6.45, 7) is 3.47. The fraction of sp³-hybridized carbons (Fsp3) is 0.545. The van der Waals surface area contributed by atoms with Gasteiger partial charge in [0.15, 0.2) is 0 Å². The number of hydrogen-bond donors (Lipinski definition) is 2. The number of halogens is 1. The van der Waals surface area contributed by atoms with Gasteiger partial charge in [0.25, 0.3) is 5.91 Å². The van der Waals surface area contributed by atoms with Gasteiger partial charge in [0, 0.05) is 11.3 Å². The fourth-order valence-corrected chi connectivity index (χ4v) is 3.82. The van der Waals surface area contributed by atoms with Crippen LogP contribution in [0, 0.1) is 12.8 Å². The highest BCUT2D eigenvalue weighted by Gasteiger charge is 2.38. The van der Waals surface area contributed by atoms with Gasteiger partial charge < -0.3 is 10.1 Å². The molecule has 0 unspecified atom stereocenters. The Labute approximate surface area is 165 Å². The van der Waals surface area contributed by atoms with E-state index in [4.69, 9.17) is 4.74 Å². The molecule has 1 aromatic heterocycles. The average Bonchev–Trinajstić information content (AvgIpc) is 3.60. The van der Waals surface area contributed by atoms with Gasteiger partial charge in [-0.1, -0.05) is 18.9 Å². The van der Waals surface area contributed by atoms with Crippen LogP contribution in [0.4, 0.5) is 4.39 Å². The molecule has 4 rings (SSSR count). The number of hydrogen-bond acceptors (Lipinski definition) is 3. The van der Waals surface area contributed by atoms with Crippen molar-refractivity contribution in [2.24, 2.45) is 5.92 Å². The number of aromatic nitrogens is 2. The SMILES string of the molecule is Cc1cc([C@@](C)(CC2CC2)NC(=O)c2ccc(C3CC3)c(OCCF)c2)n[nH]1. The lowest BCUT2D eigenvalue weighted by molar-refractivity contribution is 0.0893. The Morgan fingerprint density at radius 1 is 1.32 bits per heavy atom. The van der Waals surface area contributed by atoms with E-state index >= 15 is 0 Å². The Kier molecular flexibility index (Phi) is 5.13. The highest BCUT2D eigenvalue weighted by atomic mass is 19.1. The van der Waals surface area contributed by atoms with Gasteiger partial charge >= 0.3 is 0 Å². The highest BCUT2D eigenvalue weighted by molar-refractivity contribution is 5.95. The zero-order valence-electron chi connectivity index (χ0n) is 16.6. The molecule has 1 aromatic carbocycles. The van der Waals surface area contributed by atoms with Crippen molar-refractivity contribution in [2.45, 2.75) is 57.4 Å². The third kappa shape index (κ3) is 4.21. The first-order chi connectivity index (χ1) is 13.5. The topological polar surface area (TPSA) is 67.0 Å². The molecule has 0 radical (unpaired) electrons. The lowest BCUT2D eigenvalue weighted by Gasteiger charge is -2.29. The van der Waals surface area contributed by atoms with Crippen molar-refractivity contribution >= 4 is 5.91 Å². The molecule has 0 spiro atoms. The number of amides is 1. The summed E-state index contributed by atoms with van der Waals surface area (Å²) in [5, 5.41) is 10.6. The molecule has 2 N–H and O–H groups in total. The van der Waals surface area contributed by atoms with Crippen LogP contribution in [-0.2, 0) is 5.54 Å². The predicted octanol–water partition coefficient (Wildman–Crippen LogP) is 4.39. The average molecular weight is 385 g/mol. The van der Waals surface area contributed by atoms with Crippen molar-refractivity contribution in [1.82, 2.24) is 15.5 Å². The molecule has 0 aliphatic heterocycles. The minimum Gasteiger partial charge on any atom is -0.491 e. The summed E-state index contributed by atoms with van der Waals surface area (Å²) in [6, 6.07) is 7.55. The normalized spacial score (nSPS) is 18.5. The van der Waals surface area contributed by atoms with Gasteiger partial charge in [-0.15, -0.1) is 0 Å². The minimum absolute atomic E-state index is 0.0106. The van der Waals surface area contributed by atoms with Crippen molar-refractivity contribution in [3.63, 3.8) is 0 Å². The number of alkyl halides is 1. The molecule has 2 aliphatic carbocycles. The van der Waals surface area contributed by atoms with E-state index in [0.29, 0.717) is 23.1 Å². The van der Waals surface area contributed by atoms with Crippen molar-refractivity contribution in [3.8, 4) is 5.75 Å². The molecular weight excluding hydrogens is 357 g/mol. The van der Waals surface area contributed by atoms with E-state index in [1.165, 1.54) is 12.8 Å². The van der Waals surface area contributed by atoms with Gasteiger partial charge in [-0.3, -0.25) is 9.89 Å². The van der Waals surface area contributed by atoms with Crippen LogP contribution < -0.4 is 10.1 Å². The molecule has 6 heteroatoms. The Morgan fingerprint density at radius 2 is 2.11 bits per heavy atom. The molecular formula is C22H28FN3O2. The van der Waals surface area contributed by atoms with Crippen molar-refractivity contribution < 1.29 is 13.9 Å². The van der Waals surface area contributed by atoms with E-state index in [-0.39, 0.29) is 12.5 Å². The number of rotatable bonds is 9. The summed E-state index contributed by atoms with van der Waals surface area (Å²) >= 11 is 0. The van der Waals surface area contributed by atoms with Gasteiger partial charge in [-0.25, -0.2) is 4.39 Å². The smallest absolute Gasteiger partial charge is 0.252 e. The summed E-state index contributed by atoms with van der Waals surface area (Å²) < 4.78 is 18.2. The lowest BCUT2D eigenvalue weighted by atomic mass is 9.90. The summed E-state index contributed by atoms with van der Waals surface area (Å²) in [5.74, 6) is 1.57. The van der Waals surface area contributed by atoms with Crippen LogP contribution in [0.1, 0.15) is 72.3 Å². The first kappa shape index (κ1) is 19.0. The van der Waals surface area contributed by atoms with Crippen LogP contribution in [0.15, 0.2) is 24.3 Å². The predicted molar refractivity (Wildman–Crippen MR) is 105 cm³/mol. The number of benzene rings is 1. The van der Waals surface area contributed by atoms with Gasteiger partial charge in [0.05, 0.1) is 11.2 Å². The minimum atomic E-state index is -0.543. The number of aromatic amines is 1. The summed E-state index contributed by atoms with van der Waals surface area (Å²) in [6.07, 6.45) is 5.51. The van der Waals surface area contributed by atoms with Gasteiger partial charge in [0.1, 0.15) is 19.0 Å². The quantitative estimate of drug-likeness (QED) is 0.673. The molecule has 2 fully saturated rings. The molecule has 2 saturated carbocycles. The summed E-state index contributed by atoms with van der Waals surface area (Å²) in [5.41, 5.74) is 2.91.